The highest BCUT2D eigenvalue weighted by atomic mass is 32.1. The van der Waals surface area contributed by atoms with Crippen LogP contribution < -0.4 is 5.32 Å². The number of nitrogens with one attached hydrogen (secondary N) is 1. The van der Waals surface area contributed by atoms with Crippen LogP contribution in [0.2, 0.25) is 0 Å². The van der Waals surface area contributed by atoms with Crippen LogP contribution >= 0.6 is 11.3 Å². The molecule has 1 N–H and O–H groups in total. The van der Waals surface area contributed by atoms with Crippen LogP contribution in [0.15, 0.2) is 22.5 Å². The molecular formula is C22H29N5O3S. The van der Waals surface area contributed by atoms with E-state index in [2.05, 4.69) is 20.2 Å². The third kappa shape index (κ3) is 5.86. The van der Waals surface area contributed by atoms with Gasteiger partial charge in [-0.15, -0.1) is 11.3 Å². The van der Waals surface area contributed by atoms with Gasteiger partial charge in [-0.25, -0.2) is 9.98 Å². The summed E-state index contributed by atoms with van der Waals surface area (Å²) in [5, 5.41) is 5.11. The molecule has 0 aromatic carbocycles. The van der Waals surface area contributed by atoms with E-state index in [9.17, 15) is 14.4 Å². The Morgan fingerprint density at radius 2 is 1.90 bits per heavy atom. The van der Waals surface area contributed by atoms with Gasteiger partial charge < -0.3 is 10.2 Å². The molecule has 3 aliphatic rings. The minimum atomic E-state index is -0.570. The lowest BCUT2D eigenvalue weighted by Crippen LogP contribution is -2.52. The highest BCUT2D eigenvalue weighted by Crippen LogP contribution is 2.24. The number of piperazine rings is 1. The van der Waals surface area contributed by atoms with Gasteiger partial charge in [0.2, 0.25) is 11.8 Å². The van der Waals surface area contributed by atoms with E-state index < -0.39 is 5.92 Å². The zero-order valence-corrected chi connectivity index (χ0v) is 18.5. The molecule has 1 atom stereocenters. The summed E-state index contributed by atoms with van der Waals surface area (Å²) in [5.41, 5.74) is 0.803. The lowest BCUT2D eigenvalue weighted by atomic mass is 9.94. The molecule has 9 heteroatoms. The number of aliphatic imine (C=N–C) groups is 1. The van der Waals surface area contributed by atoms with Crippen molar-refractivity contribution in [3.05, 3.63) is 23.2 Å². The molecule has 0 radical (unpaired) electrons. The Morgan fingerprint density at radius 1 is 1.13 bits per heavy atom. The fraction of sp³-hybridized carbons (Fsp3) is 0.591. The molecule has 1 aromatic heterocycles. The van der Waals surface area contributed by atoms with Crippen molar-refractivity contribution in [2.24, 2.45) is 10.9 Å². The van der Waals surface area contributed by atoms with E-state index in [-0.39, 0.29) is 17.7 Å². The van der Waals surface area contributed by atoms with Gasteiger partial charge in [-0.3, -0.25) is 19.3 Å². The first-order chi connectivity index (χ1) is 15.1. The summed E-state index contributed by atoms with van der Waals surface area (Å²) in [4.78, 5) is 48.5. The molecule has 1 saturated carbocycles. The summed E-state index contributed by atoms with van der Waals surface area (Å²) in [5.74, 6) is -1.03. The maximum Gasteiger partial charge on any atom is 0.269 e. The zero-order valence-electron chi connectivity index (χ0n) is 17.7. The van der Waals surface area contributed by atoms with Crippen LogP contribution in [-0.2, 0) is 20.8 Å². The Balaban J connectivity index is 1.19. The van der Waals surface area contributed by atoms with Crippen molar-refractivity contribution in [2.75, 3.05) is 31.5 Å². The van der Waals surface area contributed by atoms with E-state index in [4.69, 9.17) is 0 Å². The monoisotopic (exact) mass is 443 g/mol. The van der Waals surface area contributed by atoms with Crippen LogP contribution in [0, 0.1) is 5.92 Å². The predicted molar refractivity (Wildman–Crippen MR) is 120 cm³/mol. The number of anilines is 1. The van der Waals surface area contributed by atoms with Gasteiger partial charge in [0.05, 0.1) is 11.6 Å². The molecule has 1 saturated heterocycles. The largest absolute Gasteiger partial charge is 0.340 e. The topological polar surface area (TPSA) is 95.0 Å². The van der Waals surface area contributed by atoms with Crippen molar-refractivity contribution in [1.82, 2.24) is 14.8 Å². The fourth-order valence-electron chi connectivity index (χ4n) is 4.43. The van der Waals surface area contributed by atoms with E-state index in [0.717, 1.165) is 31.9 Å². The molecule has 2 aliphatic heterocycles. The van der Waals surface area contributed by atoms with Gasteiger partial charge in [0.25, 0.3) is 5.91 Å². The zero-order chi connectivity index (χ0) is 21.6. The van der Waals surface area contributed by atoms with Crippen molar-refractivity contribution in [3.8, 4) is 0 Å². The van der Waals surface area contributed by atoms with Gasteiger partial charge in [-0.05, 0) is 19.3 Å². The SMILES string of the molecule is O=C1C=CC(C(=O)Nc2nc(CCC(=O)N3CCN(C4CCCCC4)CC3)cs2)C=N1. The summed E-state index contributed by atoms with van der Waals surface area (Å²) in [6, 6.07) is 0.713. The molecule has 4 rings (SSSR count). The van der Waals surface area contributed by atoms with E-state index in [1.165, 1.54) is 61.8 Å². The highest BCUT2D eigenvalue weighted by Gasteiger charge is 2.27. The average Bonchev–Trinajstić information content (AvgIpc) is 3.26. The Hall–Kier alpha value is -2.39. The summed E-state index contributed by atoms with van der Waals surface area (Å²) in [6.45, 7) is 3.58. The molecule has 8 nitrogen and oxygen atoms in total. The summed E-state index contributed by atoms with van der Waals surface area (Å²) >= 11 is 1.34. The number of nitrogens with zero attached hydrogens (tertiary/aromatic N) is 4. The first kappa shape index (κ1) is 21.8. The first-order valence-electron chi connectivity index (χ1n) is 11.1. The number of dihydropyridines is 1. The number of amides is 3. The van der Waals surface area contributed by atoms with Crippen molar-refractivity contribution in [3.63, 3.8) is 0 Å². The fourth-order valence-corrected chi connectivity index (χ4v) is 5.18. The number of carbonyl (C=O) groups is 3. The number of aromatic nitrogens is 1. The Labute approximate surface area is 186 Å². The molecule has 1 aromatic rings. The van der Waals surface area contributed by atoms with Crippen molar-refractivity contribution < 1.29 is 14.4 Å². The van der Waals surface area contributed by atoms with Gasteiger partial charge in [0, 0.05) is 56.3 Å². The number of carbonyl (C=O) groups excluding carboxylic acids is 3. The predicted octanol–water partition coefficient (Wildman–Crippen LogP) is 2.27. The molecule has 2 fully saturated rings. The van der Waals surface area contributed by atoms with Crippen LogP contribution in [0.25, 0.3) is 0 Å². The first-order valence-corrected chi connectivity index (χ1v) is 12.0. The van der Waals surface area contributed by atoms with Gasteiger partial charge in [0.1, 0.15) is 0 Å². The number of hydrogen-bond donors (Lipinski definition) is 1. The van der Waals surface area contributed by atoms with Crippen LogP contribution in [-0.4, -0.2) is 70.9 Å². The standard InChI is InChI=1S/C22H29N5O3S/c28-19-8-6-16(14-23-19)21(30)25-22-24-17(15-31-22)7-9-20(29)27-12-10-26(11-13-27)18-4-2-1-3-5-18/h6,8,14-16,18H,1-5,7,9-13H2,(H,24,25,30). The molecule has 0 bridgehead atoms. The molecule has 3 amide bonds. The van der Waals surface area contributed by atoms with Crippen LogP contribution in [0.3, 0.4) is 0 Å². The minimum Gasteiger partial charge on any atom is -0.340 e. The lowest BCUT2D eigenvalue weighted by Gasteiger charge is -2.40. The summed E-state index contributed by atoms with van der Waals surface area (Å²) < 4.78 is 0. The normalized spacial score (nSPS) is 22.6. The quantitative estimate of drug-likeness (QED) is 0.728. The van der Waals surface area contributed by atoms with E-state index >= 15 is 0 Å². The second-order valence-electron chi connectivity index (χ2n) is 8.34. The van der Waals surface area contributed by atoms with E-state index in [1.54, 1.807) is 0 Å². The van der Waals surface area contributed by atoms with Gasteiger partial charge >= 0.3 is 0 Å². The third-order valence-corrected chi connectivity index (χ3v) is 7.05. The molecule has 0 spiro atoms. The van der Waals surface area contributed by atoms with Crippen LogP contribution in [0.4, 0.5) is 5.13 Å². The van der Waals surface area contributed by atoms with Crippen molar-refractivity contribution >= 4 is 40.4 Å². The molecule has 1 aliphatic carbocycles. The number of thiazole rings is 1. The van der Waals surface area contributed by atoms with Gasteiger partial charge in [-0.1, -0.05) is 25.3 Å². The molecule has 1 unspecified atom stereocenters. The molecule has 3 heterocycles. The Kier molecular flexibility index (Phi) is 7.24. The highest BCUT2D eigenvalue weighted by molar-refractivity contribution is 7.13. The lowest BCUT2D eigenvalue weighted by molar-refractivity contribution is -0.133. The van der Waals surface area contributed by atoms with Crippen LogP contribution in [0.1, 0.15) is 44.2 Å². The number of rotatable bonds is 6. The van der Waals surface area contributed by atoms with Crippen LogP contribution in [0.5, 0.6) is 0 Å². The second-order valence-corrected chi connectivity index (χ2v) is 9.20. The van der Waals surface area contributed by atoms with Gasteiger partial charge in [0.15, 0.2) is 5.13 Å². The van der Waals surface area contributed by atoms with Crippen molar-refractivity contribution in [1.29, 1.82) is 0 Å². The third-order valence-electron chi connectivity index (χ3n) is 6.25. The van der Waals surface area contributed by atoms with Gasteiger partial charge in [-0.2, -0.15) is 0 Å². The average molecular weight is 444 g/mol. The second kappa shape index (κ2) is 10.3. The molecule has 166 valence electrons. The molecular weight excluding hydrogens is 414 g/mol. The van der Waals surface area contributed by atoms with E-state index in [0.29, 0.717) is 24.0 Å². The smallest absolute Gasteiger partial charge is 0.269 e. The van der Waals surface area contributed by atoms with Crippen molar-refractivity contribution in [2.45, 2.75) is 51.0 Å². The Morgan fingerprint density at radius 3 is 2.61 bits per heavy atom. The Bertz CT molecular complexity index is 850. The summed E-state index contributed by atoms with van der Waals surface area (Å²) in [7, 11) is 0. The summed E-state index contributed by atoms with van der Waals surface area (Å²) in [6.07, 6.45) is 11.8. The number of aryl methyl sites for hydroxylation is 1. The molecule has 31 heavy (non-hydrogen) atoms. The maximum atomic E-state index is 12.6. The van der Waals surface area contributed by atoms with E-state index in [1.807, 2.05) is 10.3 Å². The number of hydrogen-bond acceptors (Lipinski definition) is 6. The maximum absolute atomic E-state index is 12.6. The minimum absolute atomic E-state index is 0.176.